The number of hydrogen-bond acceptors (Lipinski definition) is 9. The van der Waals surface area contributed by atoms with E-state index < -0.39 is 58.8 Å². The van der Waals surface area contributed by atoms with Crippen molar-refractivity contribution in [2.75, 3.05) is 37.8 Å². The molecule has 48 heavy (non-hydrogen) atoms. The summed E-state index contributed by atoms with van der Waals surface area (Å²) in [5.41, 5.74) is 3.73. The summed E-state index contributed by atoms with van der Waals surface area (Å²) in [6, 6.07) is 0.457. The molecule has 0 aliphatic carbocycles. The summed E-state index contributed by atoms with van der Waals surface area (Å²) in [4.78, 5) is 28.3. The fourth-order valence-corrected chi connectivity index (χ4v) is 7.24. The second-order valence-corrected chi connectivity index (χ2v) is 14.0. The molecule has 6 rings (SSSR count). The highest BCUT2D eigenvalue weighted by Gasteiger charge is 2.54. The van der Waals surface area contributed by atoms with Gasteiger partial charge in [0.15, 0.2) is 17.4 Å². The van der Waals surface area contributed by atoms with Gasteiger partial charge in [-0.15, -0.1) is 13.2 Å². The lowest BCUT2D eigenvalue weighted by molar-refractivity contribution is -0.275. The maximum Gasteiger partial charge on any atom is 0.573 e. The Labute approximate surface area is 278 Å². The first-order valence-electron chi connectivity index (χ1n) is 15.5. The quantitative estimate of drug-likeness (QED) is 0.235. The van der Waals surface area contributed by atoms with E-state index >= 15 is 4.39 Å². The Morgan fingerprint density at radius 1 is 1.15 bits per heavy atom. The molecule has 0 unspecified atom stereocenters. The number of amides is 1. The van der Waals surface area contributed by atoms with Crippen LogP contribution in [-0.2, 0) is 11.2 Å². The van der Waals surface area contributed by atoms with Crippen LogP contribution in [-0.4, -0.2) is 89.2 Å². The van der Waals surface area contributed by atoms with Crippen LogP contribution in [0, 0.1) is 11.6 Å². The van der Waals surface area contributed by atoms with Gasteiger partial charge >= 0.3 is 12.5 Å². The van der Waals surface area contributed by atoms with Crippen molar-refractivity contribution in [3.05, 3.63) is 34.5 Å². The normalized spacial score (nSPS) is 22.1. The number of fused-ring (bicyclic) bond motifs is 5. The number of anilines is 2. The smallest absolute Gasteiger partial charge is 0.472 e. The third kappa shape index (κ3) is 6.10. The summed E-state index contributed by atoms with van der Waals surface area (Å²) in [6.45, 7) is 7.93. The van der Waals surface area contributed by atoms with E-state index in [9.17, 15) is 22.4 Å². The van der Waals surface area contributed by atoms with E-state index in [0.717, 1.165) is 6.07 Å². The minimum absolute atomic E-state index is 0.0919. The van der Waals surface area contributed by atoms with Crippen molar-refractivity contribution in [3.8, 4) is 22.9 Å². The van der Waals surface area contributed by atoms with Gasteiger partial charge in [0, 0.05) is 36.7 Å². The Morgan fingerprint density at radius 3 is 2.50 bits per heavy atom. The Bertz CT molecular complexity index is 1790. The molecule has 4 atom stereocenters. The van der Waals surface area contributed by atoms with E-state index in [2.05, 4.69) is 9.72 Å². The molecule has 1 aromatic carbocycles. The van der Waals surface area contributed by atoms with Crippen LogP contribution in [0.4, 0.5) is 38.3 Å². The second kappa shape index (κ2) is 11.9. The molecule has 3 aromatic rings. The summed E-state index contributed by atoms with van der Waals surface area (Å²) in [5.74, 6) is -3.76. The summed E-state index contributed by atoms with van der Waals surface area (Å²) >= 11 is 6.88. The Kier molecular flexibility index (Phi) is 8.46. The van der Waals surface area contributed by atoms with Crippen molar-refractivity contribution in [2.24, 2.45) is 0 Å². The summed E-state index contributed by atoms with van der Waals surface area (Å²) in [6.07, 6.45) is -4.86. The van der Waals surface area contributed by atoms with E-state index in [1.54, 1.807) is 32.6 Å². The molecule has 2 N–H and O–H groups in total. The van der Waals surface area contributed by atoms with Crippen molar-refractivity contribution in [1.29, 1.82) is 0 Å². The van der Waals surface area contributed by atoms with Crippen LogP contribution in [0.5, 0.6) is 11.6 Å². The molecule has 1 amide bonds. The van der Waals surface area contributed by atoms with Crippen LogP contribution in [0.2, 0.25) is 5.02 Å². The van der Waals surface area contributed by atoms with Gasteiger partial charge in [-0.2, -0.15) is 0 Å². The van der Waals surface area contributed by atoms with Gasteiger partial charge in [-0.25, -0.2) is 23.5 Å². The average Bonchev–Trinajstić information content (AvgIpc) is 3.20. The number of rotatable bonds is 5. The number of pyridine rings is 2. The van der Waals surface area contributed by atoms with Crippen LogP contribution < -0.4 is 20.1 Å². The number of ether oxygens (including phenoxy) is 3. The number of aromatic nitrogens is 2. The maximum absolute atomic E-state index is 16.9. The van der Waals surface area contributed by atoms with E-state index in [1.807, 2.05) is 23.9 Å². The molecule has 3 aliphatic rings. The number of carbonyl (C=O) groups excluding carboxylic acids is 1. The molecule has 2 bridgehead atoms. The van der Waals surface area contributed by atoms with E-state index in [1.165, 1.54) is 0 Å². The molecular formula is C32H36ClF5N6O4. The zero-order valence-corrected chi connectivity index (χ0v) is 28.0. The maximum atomic E-state index is 16.9. The average molecular weight is 699 g/mol. The minimum Gasteiger partial charge on any atom is -0.472 e. The largest absolute Gasteiger partial charge is 0.573 e. The summed E-state index contributed by atoms with van der Waals surface area (Å²) < 4.78 is 88.4. The number of benzene rings is 1. The molecule has 10 nitrogen and oxygen atoms in total. The molecule has 0 spiro atoms. The number of halogens is 6. The molecular weight excluding hydrogens is 663 g/mol. The standard InChI is InChI=1S/C32H36ClF5N6O4/c1-14-26-20-8-7-16(44(20)30(45)48-31(2,3)4)13-43(26)28-22-21(23(33)19(40-28)9-10-42(5)6)24(35)25(41-29(22)46-14)17-11-15(39)12-18(34)27(17)47-32(36,37)38/h11-12,14,16,20,26H,7-10,13,39H2,1-6H3/t14-,16+,20-,26+/m0/s1. The third-order valence-corrected chi connectivity index (χ3v) is 9.15. The highest BCUT2D eigenvalue weighted by atomic mass is 35.5. The topological polar surface area (TPSA) is 106 Å². The van der Waals surface area contributed by atoms with E-state index in [-0.39, 0.29) is 39.4 Å². The summed E-state index contributed by atoms with van der Waals surface area (Å²) in [7, 11) is 3.70. The fraction of sp³-hybridized carbons (Fsp3) is 0.531. The van der Waals surface area contributed by atoms with E-state index in [4.69, 9.17) is 31.8 Å². The predicted octanol–water partition coefficient (Wildman–Crippen LogP) is 6.55. The number of likely N-dealkylation sites (N-methyl/N-ethyl adjacent to an activating group) is 1. The van der Waals surface area contributed by atoms with Crippen molar-refractivity contribution < 1.29 is 41.0 Å². The highest BCUT2D eigenvalue weighted by Crippen LogP contribution is 2.50. The van der Waals surface area contributed by atoms with Gasteiger partial charge < -0.3 is 29.7 Å². The molecule has 0 saturated carbocycles. The van der Waals surface area contributed by atoms with Gasteiger partial charge in [-0.05, 0) is 60.7 Å². The van der Waals surface area contributed by atoms with Crippen molar-refractivity contribution >= 4 is 40.0 Å². The van der Waals surface area contributed by atoms with Crippen LogP contribution in [0.15, 0.2) is 12.1 Å². The zero-order chi connectivity index (χ0) is 35.0. The molecule has 260 valence electrons. The van der Waals surface area contributed by atoms with Gasteiger partial charge in [-0.3, -0.25) is 4.90 Å². The second-order valence-electron chi connectivity index (χ2n) is 13.7. The van der Waals surface area contributed by atoms with E-state index in [0.29, 0.717) is 49.9 Å². The first-order valence-corrected chi connectivity index (χ1v) is 15.9. The van der Waals surface area contributed by atoms with Gasteiger partial charge in [-0.1, -0.05) is 11.6 Å². The molecule has 2 saturated heterocycles. The Balaban J connectivity index is 1.58. The number of hydrogen-bond donors (Lipinski definition) is 1. The van der Waals surface area contributed by atoms with Crippen molar-refractivity contribution in [2.45, 2.75) is 83.2 Å². The molecule has 2 fully saturated rings. The Morgan fingerprint density at radius 2 is 1.85 bits per heavy atom. The predicted molar refractivity (Wildman–Crippen MR) is 169 cm³/mol. The minimum atomic E-state index is -5.31. The van der Waals surface area contributed by atoms with Gasteiger partial charge in [0.25, 0.3) is 0 Å². The van der Waals surface area contributed by atoms with Gasteiger partial charge in [0.05, 0.1) is 39.8 Å². The SMILES string of the molecule is C[C@@H]1Oc2nc(-c3cc(N)cc(F)c3OC(F)(F)F)c(F)c3c(Cl)c(CCN(C)C)nc(c23)N2C[C@H]3CC[C@@H]([C@@H]12)N3C(=O)OC(C)(C)C. The lowest BCUT2D eigenvalue weighted by Crippen LogP contribution is -2.65. The molecule has 5 heterocycles. The first kappa shape index (κ1) is 34.0. The number of alkyl halides is 3. The molecule has 16 heteroatoms. The fourth-order valence-electron chi connectivity index (χ4n) is 6.93. The number of nitrogens with two attached hydrogens (primary N) is 1. The van der Waals surface area contributed by atoms with Crippen molar-refractivity contribution in [3.63, 3.8) is 0 Å². The van der Waals surface area contributed by atoms with Gasteiger partial charge in [0.2, 0.25) is 5.88 Å². The molecule has 3 aliphatic heterocycles. The number of carbonyl (C=O) groups is 1. The van der Waals surface area contributed by atoms with Crippen LogP contribution in [0.1, 0.15) is 46.2 Å². The van der Waals surface area contributed by atoms with Crippen LogP contribution in [0.3, 0.4) is 0 Å². The number of piperazine rings is 1. The zero-order valence-electron chi connectivity index (χ0n) is 27.2. The number of nitrogens with zero attached hydrogens (tertiary/aromatic N) is 5. The summed E-state index contributed by atoms with van der Waals surface area (Å²) in [5, 5.41) is -0.186. The first-order chi connectivity index (χ1) is 22.3. The molecule has 2 aromatic heterocycles. The third-order valence-electron chi connectivity index (χ3n) is 8.74. The number of nitrogen functional groups attached to an aromatic ring is 1. The van der Waals surface area contributed by atoms with Gasteiger partial charge in [0.1, 0.15) is 23.2 Å². The lowest BCUT2D eigenvalue weighted by atomic mass is 9.97. The van der Waals surface area contributed by atoms with Crippen LogP contribution in [0.25, 0.3) is 22.0 Å². The Hall–Kier alpha value is -3.85. The highest BCUT2D eigenvalue weighted by molar-refractivity contribution is 6.37. The van der Waals surface area contributed by atoms with Crippen molar-refractivity contribution in [1.82, 2.24) is 19.8 Å². The monoisotopic (exact) mass is 698 g/mol. The van der Waals surface area contributed by atoms with Crippen LogP contribution >= 0.6 is 11.6 Å². The molecule has 0 radical (unpaired) electrons. The lowest BCUT2D eigenvalue weighted by Gasteiger charge is -2.48.